The maximum absolute atomic E-state index is 8.75. The number of nitrogens with zero attached hydrogens (tertiary/aromatic N) is 1. The number of rotatable bonds is 2. The second-order valence-electron chi connectivity index (χ2n) is 3.54. The van der Waals surface area contributed by atoms with Gasteiger partial charge in [0.25, 0.3) is 0 Å². The molecule has 1 aliphatic heterocycles. The Hall–Kier alpha value is -0.120. The van der Waals surface area contributed by atoms with Crippen LogP contribution < -0.4 is 0 Å². The molecule has 1 heterocycles. The lowest BCUT2D eigenvalue weighted by Crippen LogP contribution is -2.40. The molecule has 0 aromatic rings. The van der Waals surface area contributed by atoms with Crippen LogP contribution >= 0.6 is 0 Å². The molecule has 0 saturated carbocycles. The molecule has 0 aromatic heterocycles. The van der Waals surface area contributed by atoms with Gasteiger partial charge in [-0.05, 0) is 20.8 Å². The summed E-state index contributed by atoms with van der Waals surface area (Å²) >= 11 is 0. The highest BCUT2D eigenvalue weighted by Gasteiger charge is 2.36. The van der Waals surface area contributed by atoms with Crippen LogP contribution in [0.5, 0.6) is 0 Å². The monoisotopic (exact) mass is 159 g/mol. The van der Waals surface area contributed by atoms with Crippen LogP contribution in [0.3, 0.4) is 0 Å². The van der Waals surface area contributed by atoms with E-state index in [9.17, 15) is 0 Å². The molecule has 0 spiro atoms. The van der Waals surface area contributed by atoms with E-state index in [0.29, 0.717) is 6.54 Å². The number of aliphatic hydroxyl groups excluding tert-OH is 1. The molecule has 1 atom stereocenters. The molecule has 66 valence electrons. The Morgan fingerprint density at radius 1 is 1.64 bits per heavy atom. The van der Waals surface area contributed by atoms with Crippen LogP contribution in [0.25, 0.3) is 0 Å². The zero-order valence-electron chi connectivity index (χ0n) is 7.50. The first-order chi connectivity index (χ1) is 5.06. The van der Waals surface area contributed by atoms with Gasteiger partial charge in [-0.15, -0.1) is 0 Å². The quantitative estimate of drug-likeness (QED) is 0.634. The summed E-state index contributed by atoms with van der Waals surface area (Å²) in [7, 11) is 0. The second-order valence-corrected chi connectivity index (χ2v) is 3.54. The highest BCUT2D eigenvalue weighted by atomic mass is 16.5. The van der Waals surface area contributed by atoms with Crippen molar-refractivity contribution >= 4 is 0 Å². The molecule has 0 aliphatic carbocycles. The molecule has 0 aromatic carbocycles. The minimum atomic E-state index is -0.192. The van der Waals surface area contributed by atoms with Crippen molar-refractivity contribution in [3.63, 3.8) is 0 Å². The second kappa shape index (κ2) is 3.09. The highest BCUT2D eigenvalue weighted by Crippen LogP contribution is 2.25. The van der Waals surface area contributed by atoms with Crippen LogP contribution in [0.1, 0.15) is 20.8 Å². The predicted molar refractivity (Wildman–Crippen MR) is 43.3 cm³/mol. The fourth-order valence-electron chi connectivity index (χ4n) is 1.62. The molecule has 3 nitrogen and oxygen atoms in total. The lowest BCUT2D eigenvalue weighted by atomic mass is 10.3. The van der Waals surface area contributed by atoms with Crippen LogP contribution in [0, 0.1) is 0 Å². The first-order valence-electron chi connectivity index (χ1n) is 4.10. The third kappa shape index (κ3) is 1.92. The molecule has 0 amide bonds. The summed E-state index contributed by atoms with van der Waals surface area (Å²) < 4.78 is 5.63. The molecule has 1 N–H and O–H groups in total. The van der Waals surface area contributed by atoms with Crippen molar-refractivity contribution < 1.29 is 9.84 Å². The molecule has 1 fully saturated rings. The van der Waals surface area contributed by atoms with E-state index in [1.165, 1.54) is 0 Å². The molecule has 3 heteroatoms. The average Bonchev–Trinajstić information content (AvgIpc) is 2.07. The summed E-state index contributed by atoms with van der Waals surface area (Å²) in [6.07, 6.45) is 0.288. The Morgan fingerprint density at radius 2 is 2.27 bits per heavy atom. The van der Waals surface area contributed by atoms with Gasteiger partial charge in [-0.1, -0.05) is 0 Å². The molecule has 1 saturated heterocycles. The van der Waals surface area contributed by atoms with Crippen molar-refractivity contribution in [2.45, 2.75) is 32.6 Å². The van der Waals surface area contributed by atoms with Gasteiger partial charge in [-0.3, -0.25) is 4.90 Å². The number of aliphatic hydroxyl groups is 1. The Balaban J connectivity index is 2.51. The minimum absolute atomic E-state index is 0.192. The van der Waals surface area contributed by atoms with Gasteiger partial charge in [-0.25, -0.2) is 0 Å². The van der Waals surface area contributed by atoms with Crippen LogP contribution in [0.2, 0.25) is 0 Å². The van der Waals surface area contributed by atoms with Gasteiger partial charge < -0.3 is 9.84 Å². The standard InChI is InChI=1S/C8H17NO2/c1-7-6-9(4-5-10)8(2,3)11-7/h7,10H,4-6H2,1-3H3. The maximum atomic E-state index is 8.75. The molecular formula is C8H17NO2. The number of β-amino-alcohol motifs (C(OH)–C–C–N with tert-alkyl or cyclic N) is 1. The molecule has 1 unspecified atom stereocenters. The van der Waals surface area contributed by atoms with Crippen molar-refractivity contribution in [3.05, 3.63) is 0 Å². The number of hydrogen-bond donors (Lipinski definition) is 1. The lowest BCUT2D eigenvalue weighted by Gasteiger charge is -2.28. The summed E-state index contributed by atoms with van der Waals surface area (Å²) in [6.45, 7) is 7.96. The zero-order chi connectivity index (χ0) is 8.48. The van der Waals surface area contributed by atoms with Crippen molar-refractivity contribution in [2.24, 2.45) is 0 Å². The molecular weight excluding hydrogens is 142 g/mol. The van der Waals surface area contributed by atoms with Crippen molar-refractivity contribution in [1.82, 2.24) is 4.90 Å². The van der Waals surface area contributed by atoms with Crippen LogP contribution in [-0.2, 0) is 4.74 Å². The Bertz CT molecular complexity index is 136. The van der Waals surface area contributed by atoms with Gasteiger partial charge in [0.2, 0.25) is 0 Å². The first-order valence-corrected chi connectivity index (χ1v) is 4.10. The average molecular weight is 159 g/mol. The Morgan fingerprint density at radius 3 is 2.64 bits per heavy atom. The van der Waals surface area contributed by atoms with Gasteiger partial charge in [-0.2, -0.15) is 0 Å². The van der Waals surface area contributed by atoms with Gasteiger partial charge in [0, 0.05) is 13.1 Å². The Kier molecular flexibility index (Phi) is 2.52. The maximum Gasteiger partial charge on any atom is 0.116 e. The van der Waals surface area contributed by atoms with Gasteiger partial charge in [0.15, 0.2) is 0 Å². The first kappa shape index (κ1) is 8.97. The molecule has 11 heavy (non-hydrogen) atoms. The smallest absolute Gasteiger partial charge is 0.116 e. The van der Waals surface area contributed by atoms with E-state index in [4.69, 9.17) is 9.84 Å². The fraction of sp³-hybridized carbons (Fsp3) is 1.00. The van der Waals surface area contributed by atoms with Gasteiger partial charge in [0.1, 0.15) is 5.72 Å². The van der Waals surface area contributed by atoms with Crippen LogP contribution in [-0.4, -0.2) is 41.5 Å². The highest BCUT2D eigenvalue weighted by molar-refractivity contribution is 4.81. The SMILES string of the molecule is CC1CN(CCO)C(C)(C)O1. The summed E-state index contributed by atoms with van der Waals surface area (Å²) in [4.78, 5) is 2.15. The topological polar surface area (TPSA) is 32.7 Å². The van der Waals surface area contributed by atoms with E-state index >= 15 is 0 Å². The third-order valence-electron chi connectivity index (χ3n) is 2.10. The lowest BCUT2D eigenvalue weighted by molar-refractivity contribution is -0.0740. The van der Waals surface area contributed by atoms with E-state index in [1.807, 2.05) is 13.8 Å². The summed E-state index contributed by atoms with van der Waals surface area (Å²) in [5.41, 5.74) is -0.192. The van der Waals surface area contributed by atoms with E-state index in [0.717, 1.165) is 6.54 Å². The number of hydrogen-bond acceptors (Lipinski definition) is 3. The fourth-order valence-corrected chi connectivity index (χ4v) is 1.62. The molecule has 0 bridgehead atoms. The van der Waals surface area contributed by atoms with Crippen LogP contribution in [0.15, 0.2) is 0 Å². The van der Waals surface area contributed by atoms with E-state index in [1.54, 1.807) is 0 Å². The third-order valence-corrected chi connectivity index (χ3v) is 2.10. The Labute approximate surface area is 68.0 Å². The largest absolute Gasteiger partial charge is 0.395 e. The molecule has 1 aliphatic rings. The molecule has 1 rings (SSSR count). The van der Waals surface area contributed by atoms with Crippen molar-refractivity contribution in [1.29, 1.82) is 0 Å². The summed E-state index contributed by atoms with van der Waals surface area (Å²) in [5, 5.41) is 8.75. The van der Waals surface area contributed by atoms with Crippen molar-refractivity contribution in [2.75, 3.05) is 19.7 Å². The zero-order valence-corrected chi connectivity index (χ0v) is 7.50. The molecule has 0 radical (unpaired) electrons. The minimum Gasteiger partial charge on any atom is -0.395 e. The van der Waals surface area contributed by atoms with Gasteiger partial charge in [0.05, 0.1) is 12.7 Å². The predicted octanol–water partition coefficient (Wildman–Crippen LogP) is 0.435. The summed E-state index contributed by atoms with van der Waals surface area (Å²) in [5.74, 6) is 0. The van der Waals surface area contributed by atoms with E-state index in [2.05, 4.69) is 11.8 Å². The van der Waals surface area contributed by atoms with E-state index in [-0.39, 0.29) is 18.4 Å². The summed E-state index contributed by atoms with van der Waals surface area (Å²) in [6, 6.07) is 0. The van der Waals surface area contributed by atoms with Crippen molar-refractivity contribution in [3.8, 4) is 0 Å². The number of ether oxygens (including phenoxy) is 1. The van der Waals surface area contributed by atoms with Crippen LogP contribution in [0.4, 0.5) is 0 Å². The van der Waals surface area contributed by atoms with Gasteiger partial charge >= 0.3 is 0 Å². The normalized spacial score (nSPS) is 31.1. The van der Waals surface area contributed by atoms with E-state index < -0.39 is 0 Å².